The minimum Gasteiger partial charge on any atom is -0.497 e. The van der Waals surface area contributed by atoms with Crippen LogP contribution in [-0.4, -0.2) is 37.5 Å². The fourth-order valence-electron chi connectivity index (χ4n) is 2.70. The van der Waals surface area contributed by atoms with Gasteiger partial charge in [0.05, 0.1) is 26.6 Å². The summed E-state index contributed by atoms with van der Waals surface area (Å²) in [5.41, 5.74) is 1.63. The van der Waals surface area contributed by atoms with Crippen molar-refractivity contribution in [3.8, 4) is 5.75 Å². The van der Waals surface area contributed by atoms with Gasteiger partial charge >= 0.3 is 5.97 Å². The Kier molecular flexibility index (Phi) is 7.34. The topological polar surface area (TPSA) is 55.8 Å². The third-order valence-corrected chi connectivity index (χ3v) is 4.25. The second kappa shape index (κ2) is 9.71. The number of halogens is 1. The van der Waals surface area contributed by atoms with Crippen molar-refractivity contribution in [1.29, 1.82) is 0 Å². The molecular weight excluding hydrogens is 349 g/mol. The zero-order chi connectivity index (χ0) is 19.8. The molecule has 0 radical (unpaired) electrons. The van der Waals surface area contributed by atoms with Crippen LogP contribution in [0.1, 0.15) is 18.1 Å². The number of carbonyl (C=O) groups excluding carboxylic acids is 2. The lowest BCUT2D eigenvalue weighted by Crippen LogP contribution is -2.37. The predicted molar refractivity (Wildman–Crippen MR) is 99.7 cm³/mol. The summed E-state index contributed by atoms with van der Waals surface area (Å²) < 4.78 is 23.0. The van der Waals surface area contributed by atoms with Crippen LogP contribution in [0.4, 0.5) is 4.39 Å². The Morgan fingerprint density at radius 3 is 2.15 bits per heavy atom. The molecule has 27 heavy (non-hydrogen) atoms. The second-order valence-corrected chi connectivity index (χ2v) is 6.35. The van der Waals surface area contributed by atoms with Gasteiger partial charge < -0.3 is 14.4 Å². The van der Waals surface area contributed by atoms with E-state index in [0.29, 0.717) is 12.1 Å². The largest absolute Gasteiger partial charge is 0.497 e. The van der Waals surface area contributed by atoms with Gasteiger partial charge in [-0.1, -0.05) is 31.2 Å². The molecule has 144 valence electrons. The van der Waals surface area contributed by atoms with Crippen LogP contribution in [0.3, 0.4) is 0 Å². The number of hydrogen-bond donors (Lipinski definition) is 0. The molecule has 1 unspecified atom stereocenters. The molecule has 5 nitrogen and oxygen atoms in total. The Morgan fingerprint density at radius 1 is 1.00 bits per heavy atom. The summed E-state index contributed by atoms with van der Waals surface area (Å²) in [6, 6.07) is 13.2. The first kappa shape index (κ1) is 20.4. The van der Waals surface area contributed by atoms with E-state index in [4.69, 9.17) is 9.47 Å². The van der Waals surface area contributed by atoms with Gasteiger partial charge in [0.25, 0.3) is 0 Å². The molecule has 0 aliphatic carbocycles. The molecular formula is C21H24FNO4. The first-order chi connectivity index (χ1) is 12.9. The van der Waals surface area contributed by atoms with Gasteiger partial charge in [-0.3, -0.25) is 9.59 Å². The van der Waals surface area contributed by atoms with E-state index in [1.165, 1.54) is 19.2 Å². The number of nitrogens with zero attached hydrogens (tertiary/aromatic N) is 1. The summed E-state index contributed by atoms with van der Waals surface area (Å²) in [5.74, 6) is -0.589. The van der Waals surface area contributed by atoms with Crippen LogP contribution in [0.2, 0.25) is 0 Å². The summed E-state index contributed by atoms with van der Waals surface area (Å²) in [5, 5.41) is 0. The second-order valence-electron chi connectivity index (χ2n) is 6.35. The molecule has 2 aromatic rings. The highest BCUT2D eigenvalue weighted by Crippen LogP contribution is 2.16. The third kappa shape index (κ3) is 6.09. The number of ether oxygens (including phenoxy) is 2. The zero-order valence-corrected chi connectivity index (χ0v) is 15.8. The maximum atomic E-state index is 13.1. The van der Waals surface area contributed by atoms with Crippen molar-refractivity contribution in [2.24, 2.45) is 5.92 Å². The summed E-state index contributed by atoms with van der Waals surface area (Å²) >= 11 is 0. The molecule has 0 saturated heterocycles. The van der Waals surface area contributed by atoms with Crippen molar-refractivity contribution in [3.63, 3.8) is 0 Å². The molecule has 2 rings (SSSR count). The summed E-state index contributed by atoms with van der Waals surface area (Å²) in [7, 11) is 2.92. The highest BCUT2D eigenvalue weighted by Gasteiger charge is 2.22. The summed E-state index contributed by atoms with van der Waals surface area (Å²) in [6.07, 6.45) is 0.129. The van der Waals surface area contributed by atoms with E-state index in [9.17, 15) is 14.0 Å². The molecule has 0 aliphatic rings. The van der Waals surface area contributed by atoms with Gasteiger partial charge in [0, 0.05) is 13.1 Å². The number of benzene rings is 2. The smallest absolute Gasteiger partial charge is 0.310 e. The van der Waals surface area contributed by atoms with Gasteiger partial charge in [0.15, 0.2) is 0 Å². The molecule has 0 spiro atoms. The van der Waals surface area contributed by atoms with Crippen LogP contribution in [0.25, 0.3) is 0 Å². The quantitative estimate of drug-likeness (QED) is 0.667. The van der Waals surface area contributed by atoms with Crippen LogP contribution >= 0.6 is 0 Å². The number of esters is 1. The number of hydrogen-bond acceptors (Lipinski definition) is 4. The van der Waals surface area contributed by atoms with E-state index in [2.05, 4.69) is 0 Å². The Balaban J connectivity index is 2.14. The molecule has 0 N–H and O–H groups in total. The van der Waals surface area contributed by atoms with E-state index in [0.717, 1.165) is 11.3 Å². The Morgan fingerprint density at radius 2 is 1.59 bits per heavy atom. The van der Waals surface area contributed by atoms with Gasteiger partial charge in [-0.2, -0.15) is 0 Å². The fourth-order valence-corrected chi connectivity index (χ4v) is 2.70. The lowest BCUT2D eigenvalue weighted by Gasteiger charge is -2.25. The Hall–Kier alpha value is -2.89. The number of methoxy groups -OCH3 is 2. The monoisotopic (exact) mass is 373 g/mol. The van der Waals surface area contributed by atoms with Gasteiger partial charge in [0.2, 0.25) is 5.91 Å². The Bertz CT molecular complexity index is 759. The lowest BCUT2D eigenvalue weighted by atomic mass is 10.1. The van der Waals surface area contributed by atoms with E-state index >= 15 is 0 Å². The lowest BCUT2D eigenvalue weighted by molar-refractivity contribution is -0.146. The molecule has 0 fully saturated rings. The average molecular weight is 373 g/mol. The molecule has 6 heteroatoms. The molecule has 0 aliphatic heterocycles. The maximum absolute atomic E-state index is 13.1. The fraction of sp³-hybridized carbons (Fsp3) is 0.333. The highest BCUT2D eigenvalue weighted by molar-refractivity contribution is 5.80. The van der Waals surface area contributed by atoms with E-state index in [1.807, 2.05) is 24.3 Å². The van der Waals surface area contributed by atoms with Crippen molar-refractivity contribution < 1.29 is 23.5 Å². The SMILES string of the molecule is COC(=O)C(C)CN(Cc1ccc(OC)cc1)C(=O)Cc1ccc(F)cc1. The molecule has 2 aromatic carbocycles. The van der Waals surface area contributed by atoms with Crippen molar-refractivity contribution >= 4 is 11.9 Å². The first-order valence-electron chi connectivity index (χ1n) is 8.66. The van der Waals surface area contributed by atoms with E-state index in [1.54, 1.807) is 31.1 Å². The van der Waals surface area contributed by atoms with Crippen LogP contribution < -0.4 is 4.74 Å². The van der Waals surface area contributed by atoms with Crippen LogP contribution in [0.5, 0.6) is 5.75 Å². The summed E-state index contributed by atoms with van der Waals surface area (Å²) in [4.78, 5) is 26.2. The molecule has 0 aromatic heterocycles. The summed E-state index contributed by atoms with van der Waals surface area (Å²) in [6.45, 7) is 2.31. The minimum atomic E-state index is -0.453. The van der Waals surface area contributed by atoms with Crippen molar-refractivity contribution in [1.82, 2.24) is 4.90 Å². The normalized spacial score (nSPS) is 11.6. The van der Waals surface area contributed by atoms with Gasteiger partial charge in [-0.05, 0) is 35.4 Å². The predicted octanol–water partition coefficient (Wildman–Crippen LogP) is 3.21. The van der Waals surface area contributed by atoms with Crippen LogP contribution in [0.15, 0.2) is 48.5 Å². The maximum Gasteiger partial charge on any atom is 0.310 e. The molecule has 0 bridgehead atoms. The van der Waals surface area contributed by atoms with E-state index < -0.39 is 5.92 Å². The number of amides is 1. The number of rotatable bonds is 8. The van der Waals surface area contributed by atoms with Gasteiger partial charge in [0.1, 0.15) is 11.6 Å². The van der Waals surface area contributed by atoms with Crippen molar-refractivity contribution in [2.45, 2.75) is 19.9 Å². The van der Waals surface area contributed by atoms with Crippen molar-refractivity contribution in [3.05, 3.63) is 65.5 Å². The highest BCUT2D eigenvalue weighted by atomic mass is 19.1. The van der Waals surface area contributed by atoms with Gasteiger partial charge in [-0.25, -0.2) is 4.39 Å². The molecule has 0 saturated carbocycles. The first-order valence-corrected chi connectivity index (χ1v) is 8.66. The third-order valence-electron chi connectivity index (χ3n) is 4.25. The Labute approximate surface area is 158 Å². The number of carbonyl (C=O) groups is 2. The molecule has 1 amide bonds. The van der Waals surface area contributed by atoms with Crippen LogP contribution in [-0.2, 0) is 27.3 Å². The van der Waals surface area contributed by atoms with Crippen LogP contribution in [0, 0.1) is 11.7 Å². The molecule has 1 atom stereocenters. The molecule has 0 heterocycles. The minimum absolute atomic E-state index is 0.129. The van der Waals surface area contributed by atoms with E-state index in [-0.39, 0.29) is 30.7 Å². The van der Waals surface area contributed by atoms with Gasteiger partial charge in [-0.15, -0.1) is 0 Å². The zero-order valence-electron chi connectivity index (χ0n) is 15.8. The standard InChI is InChI=1S/C21H24FNO4/c1-15(21(25)27-3)13-23(14-17-6-10-19(26-2)11-7-17)20(24)12-16-4-8-18(22)9-5-16/h4-11,15H,12-14H2,1-3H3. The van der Waals surface area contributed by atoms with Crippen molar-refractivity contribution in [2.75, 3.05) is 20.8 Å². The average Bonchev–Trinajstić information content (AvgIpc) is 2.69.